The van der Waals surface area contributed by atoms with Gasteiger partial charge < -0.3 is 11.5 Å². The third-order valence-corrected chi connectivity index (χ3v) is 3.12. The van der Waals surface area contributed by atoms with Crippen LogP contribution >= 0.6 is 0 Å². The normalized spacial score (nSPS) is 10.0. The van der Waals surface area contributed by atoms with Crippen molar-refractivity contribution in [2.45, 2.75) is 90.9 Å². The molecule has 0 bridgehead atoms. The summed E-state index contributed by atoms with van der Waals surface area (Å²) >= 11 is 0. The highest BCUT2D eigenvalue weighted by molar-refractivity contribution is 4.47. The Morgan fingerprint density at radius 2 is 0.778 bits per heavy atom. The zero-order valence-corrected chi connectivity index (χ0v) is 13.1. The van der Waals surface area contributed by atoms with Gasteiger partial charge in [0.05, 0.1) is 0 Å². The van der Waals surface area contributed by atoms with Gasteiger partial charge in [-0.05, 0) is 25.9 Å². The molecule has 0 amide bonds. The molecule has 4 N–H and O–H groups in total. The van der Waals surface area contributed by atoms with E-state index in [1.54, 1.807) is 0 Å². The van der Waals surface area contributed by atoms with Crippen LogP contribution in [-0.2, 0) is 0 Å². The Morgan fingerprint density at radius 3 is 1.06 bits per heavy atom. The first-order chi connectivity index (χ1) is 8.83. The van der Waals surface area contributed by atoms with Crippen molar-refractivity contribution in [1.82, 2.24) is 0 Å². The van der Waals surface area contributed by atoms with Crippen molar-refractivity contribution in [3.63, 3.8) is 0 Å². The molecule has 0 spiro atoms. The van der Waals surface area contributed by atoms with Gasteiger partial charge in [0, 0.05) is 0 Å². The maximum atomic E-state index is 5.42. The largest absolute Gasteiger partial charge is 0.330 e. The van der Waals surface area contributed by atoms with E-state index in [2.05, 4.69) is 13.8 Å². The molecule has 2 heteroatoms. The highest BCUT2D eigenvalue weighted by atomic mass is 14.5. The van der Waals surface area contributed by atoms with Crippen LogP contribution in [0.25, 0.3) is 0 Å². The fourth-order valence-electron chi connectivity index (χ4n) is 1.84. The lowest BCUT2D eigenvalue weighted by Crippen LogP contribution is -1.97. The summed E-state index contributed by atoms with van der Waals surface area (Å²) < 4.78 is 0. The third-order valence-electron chi connectivity index (χ3n) is 3.12. The second-order valence-corrected chi connectivity index (χ2v) is 5.11. The summed E-state index contributed by atoms with van der Waals surface area (Å²) in [6, 6.07) is 0. The number of hydrogen-bond acceptors (Lipinski definition) is 2. The molecular weight excluding hydrogens is 220 g/mol. The smallest absolute Gasteiger partial charge is 0.00773 e. The predicted molar refractivity (Wildman–Crippen MR) is 84.9 cm³/mol. The highest BCUT2D eigenvalue weighted by Crippen LogP contribution is 2.09. The van der Waals surface area contributed by atoms with E-state index < -0.39 is 0 Å². The average molecular weight is 258 g/mol. The molecule has 0 atom stereocenters. The van der Waals surface area contributed by atoms with E-state index in [0.717, 1.165) is 13.1 Å². The van der Waals surface area contributed by atoms with Crippen LogP contribution in [0, 0.1) is 0 Å². The fraction of sp³-hybridized carbons (Fsp3) is 1.00. The molecule has 0 rings (SSSR count). The van der Waals surface area contributed by atoms with Crippen molar-refractivity contribution in [1.29, 1.82) is 0 Å². The van der Waals surface area contributed by atoms with Crippen molar-refractivity contribution in [3.8, 4) is 0 Å². The third kappa shape index (κ3) is 24.9. The first kappa shape index (κ1) is 20.2. The molecule has 0 aliphatic rings. The van der Waals surface area contributed by atoms with E-state index in [1.165, 1.54) is 77.0 Å². The lowest BCUT2D eigenvalue weighted by atomic mass is 10.1. The maximum absolute atomic E-state index is 5.42. The molecule has 0 aromatic rings. The van der Waals surface area contributed by atoms with Crippen molar-refractivity contribution in [3.05, 3.63) is 0 Å². The van der Waals surface area contributed by atoms with Crippen LogP contribution in [-0.4, -0.2) is 13.1 Å². The summed E-state index contributed by atoms with van der Waals surface area (Å²) in [7, 11) is 0. The van der Waals surface area contributed by atoms with Crippen LogP contribution in [0.3, 0.4) is 0 Å². The number of nitrogens with two attached hydrogens (primary N) is 2. The Balaban J connectivity index is 0. The number of unbranched alkanes of at least 4 members (excludes halogenated alkanes) is 10. The minimum Gasteiger partial charge on any atom is -0.330 e. The van der Waals surface area contributed by atoms with Crippen molar-refractivity contribution < 1.29 is 0 Å². The second-order valence-electron chi connectivity index (χ2n) is 5.11. The predicted octanol–water partition coefficient (Wildman–Crippen LogP) is 4.61. The molecule has 0 aliphatic heterocycles. The van der Waals surface area contributed by atoms with E-state index in [-0.39, 0.29) is 0 Å². The van der Waals surface area contributed by atoms with Crippen LogP contribution in [0.15, 0.2) is 0 Å². The summed E-state index contributed by atoms with van der Waals surface area (Å²) in [6.45, 7) is 6.12. The van der Waals surface area contributed by atoms with Crippen LogP contribution in [0.4, 0.5) is 0 Å². The summed E-state index contributed by atoms with van der Waals surface area (Å²) in [5.74, 6) is 0. The number of hydrogen-bond donors (Lipinski definition) is 2. The molecule has 112 valence electrons. The summed E-state index contributed by atoms with van der Waals surface area (Å²) in [6.07, 6.45) is 16.3. The van der Waals surface area contributed by atoms with E-state index in [4.69, 9.17) is 11.5 Å². The minimum atomic E-state index is 0.844. The van der Waals surface area contributed by atoms with Crippen molar-refractivity contribution in [2.75, 3.05) is 13.1 Å². The first-order valence-electron chi connectivity index (χ1n) is 8.23. The van der Waals surface area contributed by atoms with Crippen molar-refractivity contribution >= 4 is 0 Å². The van der Waals surface area contributed by atoms with E-state index in [9.17, 15) is 0 Å². The van der Waals surface area contributed by atoms with Gasteiger partial charge in [0.2, 0.25) is 0 Å². The molecule has 0 saturated heterocycles. The SMILES string of the molecule is CCCCCCCCCCCCN.CCCCN. The maximum Gasteiger partial charge on any atom is -0.00773 e. The zero-order chi connectivity index (χ0) is 13.9. The molecule has 0 aliphatic carbocycles. The Hall–Kier alpha value is -0.0800. The molecule has 0 aromatic heterocycles. The van der Waals surface area contributed by atoms with E-state index in [0.29, 0.717) is 0 Å². The van der Waals surface area contributed by atoms with Crippen molar-refractivity contribution in [2.24, 2.45) is 11.5 Å². The van der Waals surface area contributed by atoms with E-state index >= 15 is 0 Å². The van der Waals surface area contributed by atoms with Gasteiger partial charge in [-0.25, -0.2) is 0 Å². The first-order valence-corrected chi connectivity index (χ1v) is 8.23. The van der Waals surface area contributed by atoms with E-state index in [1.807, 2.05) is 0 Å². The molecule has 0 fully saturated rings. The molecule has 2 nitrogen and oxygen atoms in total. The van der Waals surface area contributed by atoms with Gasteiger partial charge >= 0.3 is 0 Å². The van der Waals surface area contributed by atoms with Gasteiger partial charge in [0.15, 0.2) is 0 Å². The quantitative estimate of drug-likeness (QED) is 0.502. The standard InChI is InChI=1S/C12H27N.C4H11N/c1-2-3-4-5-6-7-8-9-10-11-12-13;1-2-3-4-5/h2-13H2,1H3;2-5H2,1H3. The summed E-state index contributed by atoms with van der Waals surface area (Å²) in [5, 5.41) is 0. The number of rotatable bonds is 12. The van der Waals surface area contributed by atoms with Crippen LogP contribution in [0.5, 0.6) is 0 Å². The molecule has 0 aromatic carbocycles. The Morgan fingerprint density at radius 1 is 0.444 bits per heavy atom. The minimum absolute atomic E-state index is 0.844. The summed E-state index contributed by atoms with van der Waals surface area (Å²) in [5.41, 5.74) is 10.6. The fourth-order valence-corrected chi connectivity index (χ4v) is 1.84. The van der Waals surface area contributed by atoms with Gasteiger partial charge in [-0.1, -0.05) is 78.1 Å². The molecule has 0 unspecified atom stereocenters. The average Bonchev–Trinajstić information content (AvgIpc) is 2.39. The molecule has 0 radical (unpaired) electrons. The van der Waals surface area contributed by atoms with Gasteiger partial charge in [0.1, 0.15) is 0 Å². The lowest BCUT2D eigenvalue weighted by Gasteiger charge is -2.00. The zero-order valence-electron chi connectivity index (χ0n) is 13.1. The Kier molecular flexibility index (Phi) is 24.9. The van der Waals surface area contributed by atoms with Gasteiger partial charge in [-0.15, -0.1) is 0 Å². The highest BCUT2D eigenvalue weighted by Gasteiger charge is 1.91. The van der Waals surface area contributed by atoms with Crippen LogP contribution in [0.1, 0.15) is 90.9 Å². The van der Waals surface area contributed by atoms with Crippen LogP contribution < -0.4 is 11.5 Å². The molecule has 0 heterocycles. The molecular formula is C16H38N2. The topological polar surface area (TPSA) is 52.0 Å². The molecule has 18 heavy (non-hydrogen) atoms. The Labute approximate surface area is 116 Å². The van der Waals surface area contributed by atoms with Crippen LogP contribution in [0.2, 0.25) is 0 Å². The second kappa shape index (κ2) is 22.1. The monoisotopic (exact) mass is 258 g/mol. The summed E-state index contributed by atoms with van der Waals surface area (Å²) in [4.78, 5) is 0. The van der Waals surface area contributed by atoms with Gasteiger partial charge in [-0.3, -0.25) is 0 Å². The van der Waals surface area contributed by atoms with Gasteiger partial charge in [0.25, 0.3) is 0 Å². The van der Waals surface area contributed by atoms with Gasteiger partial charge in [-0.2, -0.15) is 0 Å². The lowest BCUT2D eigenvalue weighted by molar-refractivity contribution is 0.558. The molecule has 0 saturated carbocycles. The Bertz CT molecular complexity index is 104.